The minimum absolute atomic E-state index is 0.354. The highest BCUT2D eigenvalue weighted by atomic mass is 19.4. The fourth-order valence-corrected chi connectivity index (χ4v) is 3.00. The zero-order valence-electron chi connectivity index (χ0n) is 16.7. The second kappa shape index (κ2) is 11.1. The van der Waals surface area contributed by atoms with Gasteiger partial charge in [0.15, 0.2) is 0 Å². The number of carbonyl (C=O) groups excluding carboxylic acids is 1. The Morgan fingerprint density at radius 1 is 1.29 bits per heavy atom. The summed E-state index contributed by atoms with van der Waals surface area (Å²) in [6.45, 7) is 9.36. The highest BCUT2D eigenvalue weighted by molar-refractivity contribution is 5.76. The van der Waals surface area contributed by atoms with Gasteiger partial charge in [0.2, 0.25) is 5.91 Å². The average Bonchev–Trinajstić information content (AvgIpc) is 3.03. The van der Waals surface area contributed by atoms with Crippen molar-refractivity contribution in [1.29, 1.82) is 0 Å². The molecule has 1 aromatic rings. The summed E-state index contributed by atoms with van der Waals surface area (Å²) in [6.07, 6.45) is 4.08. The van der Waals surface area contributed by atoms with Crippen molar-refractivity contribution in [3.63, 3.8) is 0 Å². The number of piperidine rings is 1. The number of carboxylic acids is 1. The van der Waals surface area contributed by atoms with E-state index >= 15 is 0 Å². The topological polar surface area (TPSA) is 75.4 Å². The monoisotopic (exact) mass is 405 g/mol. The molecule has 0 saturated carbocycles. The third-order valence-corrected chi connectivity index (χ3v) is 4.85. The van der Waals surface area contributed by atoms with Gasteiger partial charge in [-0.2, -0.15) is 13.2 Å². The largest absolute Gasteiger partial charge is 0.490 e. The highest BCUT2D eigenvalue weighted by Gasteiger charge is 2.38. The Kier molecular flexibility index (Phi) is 9.48. The zero-order chi connectivity index (χ0) is 21.3. The van der Waals surface area contributed by atoms with E-state index in [2.05, 4.69) is 41.4 Å². The number of nitrogens with zero attached hydrogens (tertiary/aromatic N) is 3. The molecule has 1 saturated heterocycles. The van der Waals surface area contributed by atoms with Gasteiger partial charge in [-0.1, -0.05) is 13.8 Å². The lowest BCUT2D eigenvalue weighted by Crippen LogP contribution is -2.38. The number of aryl methyl sites for hydroxylation is 2. The van der Waals surface area contributed by atoms with E-state index in [1.54, 1.807) is 0 Å². The Bertz CT molecular complexity index is 621. The molecule has 1 amide bonds. The standard InChI is InChI=1S/C17H29N3O.C2HF3O2/c1-14(2)4-5-17(21)20-11-7-16(8-12-20)6-10-19-13-9-18-15(19)3;3-2(4,5)1(6)7/h9,13-14,16H,4-8,10-12H2,1-3H3;(H,6,7). The molecule has 9 heteroatoms. The van der Waals surface area contributed by atoms with Crippen LogP contribution in [-0.4, -0.2) is 50.7 Å². The number of carboxylic acid groups (broad SMARTS) is 1. The van der Waals surface area contributed by atoms with Gasteiger partial charge in [0.25, 0.3) is 0 Å². The fourth-order valence-electron chi connectivity index (χ4n) is 3.00. The van der Waals surface area contributed by atoms with Crippen LogP contribution < -0.4 is 0 Å². The van der Waals surface area contributed by atoms with Gasteiger partial charge < -0.3 is 14.6 Å². The molecule has 0 aromatic carbocycles. The maximum absolute atomic E-state index is 12.1. The molecule has 0 radical (unpaired) electrons. The fraction of sp³-hybridized carbons (Fsp3) is 0.737. The van der Waals surface area contributed by atoms with Crippen LogP contribution in [0.2, 0.25) is 0 Å². The summed E-state index contributed by atoms with van der Waals surface area (Å²) in [6, 6.07) is 0. The third kappa shape index (κ3) is 8.75. The molecular formula is C19H30F3N3O3. The van der Waals surface area contributed by atoms with Gasteiger partial charge >= 0.3 is 12.1 Å². The molecule has 1 aliphatic heterocycles. The highest BCUT2D eigenvalue weighted by Crippen LogP contribution is 2.22. The maximum Gasteiger partial charge on any atom is 0.490 e. The first kappa shape index (κ1) is 24.0. The summed E-state index contributed by atoms with van der Waals surface area (Å²) in [5.41, 5.74) is 0. The molecule has 0 aliphatic carbocycles. The normalized spacial score (nSPS) is 15.3. The first-order chi connectivity index (χ1) is 13.0. The van der Waals surface area contributed by atoms with Crippen LogP contribution in [0.15, 0.2) is 12.4 Å². The van der Waals surface area contributed by atoms with E-state index < -0.39 is 12.1 Å². The molecule has 1 N–H and O–H groups in total. The number of halogens is 3. The summed E-state index contributed by atoms with van der Waals surface area (Å²) in [7, 11) is 0. The summed E-state index contributed by atoms with van der Waals surface area (Å²) >= 11 is 0. The molecule has 1 aromatic heterocycles. The number of amides is 1. The molecule has 1 aliphatic rings. The lowest BCUT2D eigenvalue weighted by atomic mass is 9.93. The summed E-state index contributed by atoms with van der Waals surface area (Å²) in [4.78, 5) is 27.3. The summed E-state index contributed by atoms with van der Waals surface area (Å²) < 4.78 is 34.0. The lowest BCUT2D eigenvalue weighted by Gasteiger charge is -2.32. The predicted molar refractivity (Wildman–Crippen MR) is 98.6 cm³/mol. The van der Waals surface area contributed by atoms with Crippen molar-refractivity contribution in [2.45, 2.75) is 65.6 Å². The minimum Gasteiger partial charge on any atom is -0.475 e. The minimum atomic E-state index is -5.08. The van der Waals surface area contributed by atoms with Crippen LogP contribution in [0.25, 0.3) is 0 Å². The van der Waals surface area contributed by atoms with Crippen LogP contribution in [-0.2, 0) is 16.1 Å². The van der Waals surface area contributed by atoms with Crippen LogP contribution in [0.4, 0.5) is 13.2 Å². The van der Waals surface area contributed by atoms with E-state index in [0.717, 1.165) is 57.1 Å². The van der Waals surface area contributed by atoms with Crippen molar-refractivity contribution >= 4 is 11.9 Å². The van der Waals surface area contributed by atoms with Crippen LogP contribution in [0, 0.1) is 18.8 Å². The summed E-state index contributed by atoms with van der Waals surface area (Å²) in [5, 5.41) is 7.12. The van der Waals surface area contributed by atoms with E-state index in [1.807, 2.05) is 6.20 Å². The molecule has 0 spiro atoms. The van der Waals surface area contributed by atoms with Crippen LogP contribution in [0.1, 0.15) is 51.8 Å². The predicted octanol–water partition coefficient (Wildman–Crippen LogP) is 3.89. The van der Waals surface area contributed by atoms with Crippen molar-refractivity contribution in [1.82, 2.24) is 14.5 Å². The number of alkyl halides is 3. The number of likely N-dealkylation sites (tertiary alicyclic amines) is 1. The molecular weight excluding hydrogens is 375 g/mol. The second-order valence-corrected chi connectivity index (χ2v) is 7.52. The Morgan fingerprint density at radius 2 is 1.86 bits per heavy atom. The van der Waals surface area contributed by atoms with Gasteiger partial charge in [0.1, 0.15) is 5.82 Å². The molecule has 0 unspecified atom stereocenters. The van der Waals surface area contributed by atoms with Gasteiger partial charge in [-0.3, -0.25) is 4.79 Å². The number of carbonyl (C=O) groups is 2. The van der Waals surface area contributed by atoms with Crippen LogP contribution >= 0.6 is 0 Å². The molecule has 28 heavy (non-hydrogen) atoms. The molecule has 1 fully saturated rings. The first-order valence-electron chi connectivity index (χ1n) is 9.56. The van der Waals surface area contributed by atoms with Crippen molar-refractivity contribution in [3.8, 4) is 0 Å². The molecule has 0 bridgehead atoms. The smallest absolute Gasteiger partial charge is 0.475 e. The molecule has 2 rings (SSSR count). The van der Waals surface area contributed by atoms with E-state index in [4.69, 9.17) is 9.90 Å². The Hall–Kier alpha value is -2.06. The number of rotatable bonds is 6. The number of aromatic nitrogens is 2. The molecule has 2 heterocycles. The van der Waals surface area contributed by atoms with E-state index in [1.165, 1.54) is 6.42 Å². The van der Waals surface area contributed by atoms with Crippen molar-refractivity contribution in [2.24, 2.45) is 11.8 Å². The average molecular weight is 405 g/mol. The van der Waals surface area contributed by atoms with Crippen molar-refractivity contribution in [2.75, 3.05) is 13.1 Å². The Labute approximate surface area is 163 Å². The zero-order valence-corrected chi connectivity index (χ0v) is 16.7. The number of imidazole rings is 1. The molecule has 6 nitrogen and oxygen atoms in total. The molecule has 160 valence electrons. The van der Waals surface area contributed by atoms with Gasteiger partial charge in [-0.05, 0) is 44.4 Å². The van der Waals surface area contributed by atoms with E-state index in [-0.39, 0.29) is 0 Å². The van der Waals surface area contributed by atoms with E-state index in [0.29, 0.717) is 11.8 Å². The van der Waals surface area contributed by atoms with Gasteiger partial charge in [-0.15, -0.1) is 0 Å². The Balaban J connectivity index is 0.000000480. The van der Waals surface area contributed by atoms with Crippen molar-refractivity contribution < 1.29 is 27.9 Å². The second-order valence-electron chi connectivity index (χ2n) is 7.52. The number of hydrogen-bond donors (Lipinski definition) is 1. The van der Waals surface area contributed by atoms with Gasteiger partial charge in [-0.25, -0.2) is 9.78 Å². The van der Waals surface area contributed by atoms with Crippen LogP contribution in [0.5, 0.6) is 0 Å². The maximum atomic E-state index is 12.1. The van der Waals surface area contributed by atoms with Gasteiger partial charge in [0.05, 0.1) is 0 Å². The number of aliphatic carboxylic acids is 1. The van der Waals surface area contributed by atoms with Crippen LogP contribution in [0.3, 0.4) is 0 Å². The lowest BCUT2D eigenvalue weighted by molar-refractivity contribution is -0.192. The Morgan fingerprint density at radius 3 is 2.29 bits per heavy atom. The molecule has 0 atom stereocenters. The quantitative estimate of drug-likeness (QED) is 0.779. The summed E-state index contributed by atoms with van der Waals surface area (Å²) in [5.74, 6) is 0.0576. The number of hydrogen-bond acceptors (Lipinski definition) is 3. The van der Waals surface area contributed by atoms with E-state index in [9.17, 15) is 18.0 Å². The SMILES string of the molecule is Cc1nccn1CCC1CCN(C(=O)CCC(C)C)CC1.O=C(O)C(F)(F)F. The first-order valence-corrected chi connectivity index (χ1v) is 9.56. The van der Waals surface area contributed by atoms with Crippen molar-refractivity contribution in [3.05, 3.63) is 18.2 Å². The van der Waals surface area contributed by atoms with Gasteiger partial charge in [0, 0.05) is 38.4 Å². The third-order valence-electron chi connectivity index (χ3n) is 4.85.